The van der Waals surface area contributed by atoms with E-state index in [1.54, 1.807) is 18.7 Å². The van der Waals surface area contributed by atoms with Crippen molar-refractivity contribution in [3.8, 4) is 0 Å². The smallest absolute Gasteiger partial charge is 0.254 e. The van der Waals surface area contributed by atoms with Gasteiger partial charge in [-0.1, -0.05) is 12.1 Å². The second-order valence-electron chi connectivity index (χ2n) is 7.33. The number of likely N-dealkylation sites (tertiary alicyclic amines) is 1. The normalized spacial score (nSPS) is 18.5. The molecule has 0 aliphatic carbocycles. The summed E-state index contributed by atoms with van der Waals surface area (Å²) >= 11 is 0. The Morgan fingerprint density at radius 2 is 2.08 bits per heavy atom. The van der Waals surface area contributed by atoms with Crippen LogP contribution in [0, 0.1) is 0 Å². The molecular formula is C19H28N2O3. The average molecular weight is 332 g/mol. The van der Waals surface area contributed by atoms with Gasteiger partial charge in [-0.05, 0) is 63.6 Å². The van der Waals surface area contributed by atoms with Crippen LogP contribution in [0.1, 0.15) is 61.9 Å². The van der Waals surface area contributed by atoms with Gasteiger partial charge in [0, 0.05) is 24.6 Å². The molecule has 0 saturated carbocycles. The third kappa shape index (κ3) is 5.34. The number of aryl methyl sites for hydroxylation is 1. The Kier molecular flexibility index (Phi) is 5.99. The van der Waals surface area contributed by atoms with E-state index in [2.05, 4.69) is 0 Å². The highest BCUT2D eigenvalue weighted by Gasteiger charge is 2.28. The molecule has 0 aromatic heterocycles. The summed E-state index contributed by atoms with van der Waals surface area (Å²) in [6, 6.07) is 7.46. The van der Waals surface area contributed by atoms with Gasteiger partial charge in [-0.15, -0.1) is 0 Å². The zero-order valence-corrected chi connectivity index (χ0v) is 14.6. The Bertz CT molecular complexity index is 593. The number of hydrogen-bond acceptors (Lipinski definition) is 3. The van der Waals surface area contributed by atoms with Gasteiger partial charge in [-0.2, -0.15) is 0 Å². The largest absolute Gasteiger partial charge is 0.390 e. The second kappa shape index (κ2) is 7.79. The molecule has 24 heavy (non-hydrogen) atoms. The molecule has 0 bridgehead atoms. The van der Waals surface area contributed by atoms with Crippen LogP contribution in [0.5, 0.6) is 0 Å². The predicted molar refractivity (Wildman–Crippen MR) is 93.5 cm³/mol. The van der Waals surface area contributed by atoms with E-state index < -0.39 is 5.60 Å². The Hall–Kier alpha value is -1.88. The summed E-state index contributed by atoms with van der Waals surface area (Å²) in [5, 5.41) is 9.86. The van der Waals surface area contributed by atoms with Crippen molar-refractivity contribution >= 4 is 11.8 Å². The highest BCUT2D eigenvalue weighted by atomic mass is 16.3. The predicted octanol–water partition coefficient (Wildman–Crippen LogP) is 2.26. The van der Waals surface area contributed by atoms with Gasteiger partial charge in [0.05, 0.1) is 5.60 Å². The Labute approximate surface area is 143 Å². The summed E-state index contributed by atoms with van der Waals surface area (Å²) in [6.45, 7) is 4.24. The molecule has 1 aromatic carbocycles. The first-order chi connectivity index (χ1) is 11.3. The minimum absolute atomic E-state index is 0.0361. The standard InChI is InChI=1S/C19H28N2O3/c1-19(2,24)10-9-14-6-5-7-15(12-14)18(23)21-11-4-3-8-16(21)13-17(20)22/h5-7,12,16,24H,3-4,8-11,13H2,1-2H3,(H2,20,22). The maximum Gasteiger partial charge on any atom is 0.254 e. The number of amides is 2. The van der Waals surface area contributed by atoms with Crippen LogP contribution in [0.2, 0.25) is 0 Å². The third-order valence-corrected chi connectivity index (χ3v) is 4.52. The van der Waals surface area contributed by atoms with E-state index in [0.29, 0.717) is 18.5 Å². The second-order valence-corrected chi connectivity index (χ2v) is 7.33. The lowest BCUT2D eigenvalue weighted by molar-refractivity contribution is -0.119. The number of rotatable bonds is 6. The fourth-order valence-electron chi connectivity index (χ4n) is 3.19. The molecule has 1 saturated heterocycles. The van der Waals surface area contributed by atoms with Crippen LogP contribution in [0.4, 0.5) is 0 Å². The van der Waals surface area contributed by atoms with Gasteiger partial charge in [-0.3, -0.25) is 9.59 Å². The van der Waals surface area contributed by atoms with Crippen LogP contribution in [-0.2, 0) is 11.2 Å². The number of carbonyl (C=O) groups excluding carboxylic acids is 2. The van der Waals surface area contributed by atoms with Crippen molar-refractivity contribution in [1.82, 2.24) is 4.90 Å². The number of aliphatic hydroxyl groups is 1. The zero-order valence-electron chi connectivity index (χ0n) is 14.6. The number of piperidine rings is 1. The van der Waals surface area contributed by atoms with E-state index in [-0.39, 0.29) is 24.3 Å². The summed E-state index contributed by atoms with van der Waals surface area (Å²) in [4.78, 5) is 25.9. The van der Waals surface area contributed by atoms with E-state index in [9.17, 15) is 14.7 Å². The molecule has 5 heteroatoms. The average Bonchev–Trinajstić information content (AvgIpc) is 2.52. The molecular weight excluding hydrogens is 304 g/mol. The first kappa shape index (κ1) is 18.5. The molecule has 1 aliphatic heterocycles. The lowest BCUT2D eigenvalue weighted by atomic mass is 9.96. The molecule has 0 radical (unpaired) electrons. The van der Waals surface area contributed by atoms with Gasteiger partial charge in [0.15, 0.2) is 0 Å². The van der Waals surface area contributed by atoms with Crippen molar-refractivity contribution in [1.29, 1.82) is 0 Å². The minimum Gasteiger partial charge on any atom is -0.390 e. The lowest BCUT2D eigenvalue weighted by Gasteiger charge is -2.35. The zero-order chi connectivity index (χ0) is 17.7. The first-order valence-electron chi connectivity index (χ1n) is 8.67. The number of hydrogen-bond donors (Lipinski definition) is 2. The number of nitrogens with zero attached hydrogens (tertiary/aromatic N) is 1. The van der Waals surface area contributed by atoms with Crippen molar-refractivity contribution in [2.45, 2.75) is 64.0 Å². The van der Waals surface area contributed by atoms with Gasteiger partial charge in [-0.25, -0.2) is 0 Å². The number of primary amides is 1. The molecule has 3 N–H and O–H groups in total. The maximum atomic E-state index is 12.9. The number of benzene rings is 1. The van der Waals surface area contributed by atoms with E-state index in [1.807, 2.05) is 24.3 Å². The van der Waals surface area contributed by atoms with E-state index in [1.165, 1.54) is 0 Å². The molecule has 1 aromatic rings. The van der Waals surface area contributed by atoms with Crippen molar-refractivity contribution in [2.75, 3.05) is 6.54 Å². The Morgan fingerprint density at radius 3 is 2.75 bits per heavy atom. The van der Waals surface area contributed by atoms with E-state index >= 15 is 0 Å². The lowest BCUT2D eigenvalue weighted by Crippen LogP contribution is -2.45. The van der Waals surface area contributed by atoms with Crippen molar-refractivity contribution in [2.24, 2.45) is 5.73 Å². The van der Waals surface area contributed by atoms with Gasteiger partial charge in [0.25, 0.3) is 5.91 Å². The third-order valence-electron chi connectivity index (χ3n) is 4.52. The summed E-state index contributed by atoms with van der Waals surface area (Å²) < 4.78 is 0. The molecule has 1 atom stereocenters. The quantitative estimate of drug-likeness (QED) is 0.838. The van der Waals surface area contributed by atoms with Crippen LogP contribution in [0.25, 0.3) is 0 Å². The summed E-state index contributed by atoms with van der Waals surface area (Å²) in [6.07, 6.45) is 4.39. The van der Waals surface area contributed by atoms with Crippen molar-refractivity contribution in [3.05, 3.63) is 35.4 Å². The molecule has 2 amide bonds. The van der Waals surface area contributed by atoms with Crippen molar-refractivity contribution in [3.63, 3.8) is 0 Å². The minimum atomic E-state index is -0.723. The van der Waals surface area contributed by atoms with Gasteiger partial charge in [0.2, 0.25) is 5.91 Å². The molecule has 1 fully saturated rings. The summed E-state index contributed by atoms with van der Waals surface area (Å²) in [7, 11) is 0. The Morgan fingerprint density at radius 1 is 1.33 bits per heavy atom. The van der Waals surface area contributed by atoms with Crippen LogP contribution in [-0.4, -0.2) is 40.0 Å². The van der Waals surface area contributed by atoms with Gasteiger partial charge >= 0.3 is 0 Å². The van der Waals surface area contributed by atoms with Crippen molar-refractivity contribution < 1.29 is 14.7 Å². The van der Waals surface area contributed by atoms with Gasteiger partial charge in [0.1, 0.15) is 0 Å². The van der Waals surface area contributed by atoms with Gasteiger partial charge < -0.3 is 15.7 Å². The fourth-order valence-corrected chi connectivity index (χ4v) is 3.19. The molecule has 1 heterocycles. The van der Waals surface area contributed by atoms with E-state index in [0.717, 1.165) is 31.2 Å². The van der Waals surface area contributed by atoms with E-state index in [4.69, 9.17) is 5.73 Å². The maximum absolute atomic E-state index is 12.9. The number of carbonyl (C=O) groups is 2. The Balaban J connectivity index is 2.11. The monoisotopic (exact) mass is 332 g/mol. The van der Waals surface area contributed by atoms with Crippen LogP contribution < -0.4 is 5.73 Å². The number of nitrogens with two attached hydrogens (primary N) is 1. The SMILES string of the molecule is CC(C)(O)CCc1cccc(C(=O)N2CCCCC2CC(N)=O)c1. The molecule has 2 rings (SSSR count). The molecule has 1 unspecified atom stereocenters. The molecule has 132 valence electrons. The molecule has 1 aliphatic rings. The van der Waals surface area contributed by atoms with Crippen LogP contribution in [0.15, 0.2) is 24.3 Å². The first-order valence-corrected chi connectivity index (χ1v) is 8.67. The van der Waals surface area contributed by atoms with Crippen LogP contribution in [0.3, 0.4) is 0 Å². The fraction of sp³-hybridized carbons (Fsp3) is 0.579. The topological polar surface area (TPSA) is 83.6 Å². The summed E-state index contributed by atoms with van der Waals surface area (Å²) in [5.74, 6) is -0.398. The molecule has 5 nitrogen and oxygen atoms in total. The molecule has 0 spiro atoms. The highest BCUT2D eigenvalue weighted by Crippen LogP contribution is 2.23. The van der Waals surface area contributed by atoms with Crippen LogP contribution >= 0.6 is 0 Å². The highest BCUT2D eigenvalue weighted by molar-refractivity contribution is 5.95. The summed E-state index contributed by atoms with van der Waals surface area (Å²) in [5.41, 5.74) is 6.28.